The third kappa shape index (κ3) is 2.11. The van der Waals surface area contributed by atoms with Crippen molar-refractivity contribution in [1.29, 1.82) is 0 Å². The maximum absolute atomic E-state index is 12.3. The molecule has 20 heavy (non-hydrogen) atoms. The molecule has 4 nitrogen and oxygen atoms in total. The second kappa shape index (κ2) is 4.50. The minimum Gasteiger partial charge on any atom is -0.410 e. The van der Waals surface area contributed by atoms with Crippen LogP contribution in [0, 0.1) is 11.8 Å². The minimum absolute atomic E-state index is 0.0845. The smallest absolute Gasteiger partial charge is 0.192 e. The number of hydrogen-bond acceptors (Lipinski definition) is 4. The molecule has 0 aromatic carbocycles. The average molecular weight is 296 g/mol. The highest BCUT2D eigenvalue weighted by Gasteiger charge is 2.54. The molecule has 0 aromatic heterocycles. The summed E-state index contributed by atoms with van der Waals surface area (Å²) >= 11 is 0. The Bertz CT molecular complexity index is 463. The summed E-state index contributed by atoms with van der Waals surface area (Å²) in [5.74, 6) is 0.151. The first-order valence-corrected chi connectivity index (χ1v) is 10.3. The normalized spacial score (nSPS) is 37.0. The molecule has 4 atom stereocenters. The molecular formula is C15H24O4Si. The molecule has 1 aliphatic carbocycles. The van der Waals surface area contributed by atoms with Crippen LogP contribution in [0.1, 0.15) is 20.8 Å². The van der Waals surface area contributed by atoms with E-state index < -0.39 is 8.32 Å². The summed E-state index contributed by atoms with van der Waals surface area (Å²) in [6.07, 6.45) is 1.80. The number of carbonyl (C=O) groups excluding carboxylic acids is 1. The van der Waals surface area contributed by atoms with Crippen LogP contribution in [0.25, 0.3) is 0 Å². The molecule has 0 saturated carbocycles. The van der Waals surface area contributed by atoms with E-state index in [-0.39, 0.29) is 41.7 Å². The van der Waals surface area contributed by atoms with E-state index in [1.165, 1.54) is 5.57 Å². The Labute approximate surface area is 121 Å². The number of Topliss-reactive ketones (excluding diaryl/α,β-unsaturated/α-hetero) is 1. The molecule has 2 heterocycles. The van der Waals surface area contributed by atoms with Crippen LogP contribution in [0.2, 0.25) is 18.1 Å². The van der Waals surface area contributed by atoms with Crippen molar-refractivity contribution in [2.45, 2.75) is 51.3 Å². The summed E-state index contributed by atoms with van der Waals surface area (Å²) in [5.41, 5.74) is 1.19. The third-order valence-corrected chi connectivity index (χ3v) is 9.73. The van der Waals surface area contributed by atoms with Gasteiger partial charge in [0.15, 0.2) is 20.4 Å². The van der Waals surface area contributed by atoms with Crippen molar-refractivity contribution in [1.82, 2.24) is 0 Å². The quantitative estimate of drug-likeness (QED) is 0.580. The van der Waals surface area contributed by atoms with Gasteiger partial charge in [0.2, 0.25) is 0 Å². The van der Waals surface area contributed by atoms with Crippen LogP contribution < -0.4 is 0 Å². The SMILES string of the molecule is CC(C)(C)[Si](C)(C)O[C@H]1C=C2CO[C@H]3OCC(=O)[C@@H]1[C@@H]23. The highest BCUT2D eigenvalue weighted by Crippen LogP contribution is 2.47. The molecule has 0 spiro atoms. The van der Waals surface area contributed by atoms with Crippen LogP contribution in [0.3, 0.4) is 0 Å². The zero-order valence-corrected chi connectivity index (χ0v) is 13.9. The van der Waals surface area contributed by atoms with Gasteiger partial charge in [-0.3, -0.25) is 4.79 Å². The van der Waals surface area contributed by atoms with E-state index in [1.807, 2.05) is 0 Å². The Morgan fingerprint density at radius 1 is 1.20 bits per heavy atom. The second-order valence-corrected chi connectivity index (χ2v) is 12.3. The second-order valence-electron chi connectivity index (χ2n) is 7.59. The predicted molar refractivity (Wildman–Crippen MR) is 77.8 cm³/mol. The van der Waals surface area contributed by atoms with Crippen molar-refractivity contribution in [2.75, 3.05) is 13.2 Å². The fourth-order valence-corrected chi connectivity index (χ4v) is 4.30. The molecule has 0 radical (unpaired) electrons. The van der Waals surface area contributed by atoms with Gasteiger partial charge in [-0.1, -0.05) is 26.8 Å². The number of ether oxygens (including phenoxy) is 2. The minimum atomic E-state index is -1.88. The Morgan fingerprint density at radius 3 is 2.50 bits per heavy atom. The van der Waals surface area contributed by atoms with E-state index in [2.05, 4.69) is 39.9 Å². The van der Waals surface area contributed by atoms with Gasteiger partial charge in [0.05, 0.1) is 18.6 Å². The van der Waals surface area contributed by atoms with Gasteiger partial charge in [0, 0.05) is 5.92 Å². The fraction of sp³-hybridized carbons (Fsp3) is 0.800. The standard InChI is InChI=1S/C15H24O4Si/c1-15(2,3)20(4,5)19-11-6-9-7-17-14-12(9)13(11)10(16)8-18-14/h6,11-14H,7-8H2,1-5H3/t11-,12+,13-,14-/m0/s1. The van der Waals surface area contributed by atoms with Crippen LogP contribution in [0.5, 0.6) is 0 Å². The van der Waals surface area contributed by atoms with E-state index in [4.69, 9.17) is 13.9 Å². The molecule has 0 bridgehead atoms. The zero-order chi connectivity index (χ0) is 14.7. The molecule has 2 fully saturated rings. The van der Waals surface area contributed by atoms with E-state index >= 15 is 0 Å². The lowest BCUT2D eigenvalue weighted by Gasteiger charge is -2.41. The Morgan fingerprint density at radius 2 is 1.85 bits per heavy atom. The van der Waals surface area contributed by atoms with Crippen LogP contribution in [0.15, 0.2) is 11.6 Å². The molecule has 3 rings (SSSR count). The molecule has 112 valence electrons. The molecule has 0 N–H and O–H groups in total. The first kappa shape index (κ1) is 14.4. The average Bonchev–Trinajstić information content (AvgIpc) is 2.84. The first-order valence-electron chi connectivity index (χ1n) is 7.35. The van der Waals surface area contributed by atoms with Gasteiger partial charge in [-0.05, 0) is 23.7 Å². The number of hydrogen-bond donors (Lipinski definition) is 0. The molecule has 0 aromatic rings. The summed E-state index contributed by atoms with van der Waals surface area (Å²) in [6.45, 7) is 11.9. The number of carbonyl (C=O) groups is 1. The summed E-state index contributed by atoms with van der Waals surface area (Å²) in [7, 11) is -1.88. The van der Waals surface area contributed by atoms with E-state index in [9.17, 15) is 4.79 Å². The lowest BCUT2D eigenvalue weighted by atomic mass is 9.86. The van der Waals surface area contributed by atoms with Crippen molar-refractivity contribution < 1.29 is 18.7 Å². The van der Waals surface area contributed by atoms with Gasteiger partial charge < -0.3 is 13.9 Å². The van der Waals surface area contributed by atoms with Gasteiger partial charge in [-0.15, -0.1) is 0 Å². The van der Waals surface area contributed by atoms with Gasteiger partial charge in [-0.25, -0.2) is 0 Å². The largest absolute Gasteiger partial charge is 0.410 e. The summed E-state index contributed by atoms with van der Waals surface area (Å²) in [6, 6.07) is 0. The van der Waals surface area contributed by atoms with Crippen molar-refractivity contribution >= 4 is 14.1 Å². The third-order valence-electron chi connectivity index (χ3n) is 5.25. The maximum atomic E-state index is 12.3. The first-order chi connectivity index (χ1) is 9.21. The van der Waals surface area contributed by atoms with Gasteiger partial charge in [0.1, 0.15) is 6.61 Å². The van der Waals surface area contributed by atoms with Crippen molar-refractivity contribution in [3.8, 4) is 0 Å². The molecule has 3 aliphatic rings. The number of ketones is 1. The molecule has 2 aliphatic heterocycles. The predicted octanol–water partition coefficient (Wildman–Crippen LogP) is 2.50. The van der Waals surface area contributed by atoms with Crippen molar-refractivity contribution in [2.24, 2.45) is 11.8 Å². The molecule has 0 unspecified atom stereocenters. The molecule has 2 saturated heterocycles. The van der Waals surface area contributed by atoms with Crippen LogP contribution in [-0.4, -0.2) is 39.7 Å². The fourth-order valence-electron chi connectivity index (χ4n) is 3.05. The number of rotatable bonds is 2. The lowest BCUT2D eigenvalue weighted by molar-refractivity contribution is -0.180. The van der Waals surface area contributed by atoms with Crippen LogP contribution in [0.4, 0.5) is 0 Å². The van der Waals surface area contributed by atoms with Gasteiger partial charge >= 0.3 is 0 Å². The zero-order valence-electron chi connectivity index (χ0n) is 12.9. The molecule has 0 amide bonds. The van der Waals surface area contributed by atoms with Crippen LogP contribution in [-0.2, 0) is 18.7 Å². The molecule has 5 heteroatoms. The highest BCUT2D eigenvalue weighted by molar-refractivity contribution is 6.74. The monoisotopic (exact) mass is 296 g/mol. The van der Waals surface area contributed by atoms with Crippen molar-refractivity contribution in [3.63, 3.8) is 0 Å². The summed E-state index contributed by atoms with van der Waals surface area (Å²) in [5, 5.41) is 0.146. The van der Waals surface area contributed by atoms with Gasteiger partial charge in [-0.2, -0.15) is 0 Å². The van der Waals surface area contributed by atoms with E-state index in [0.29, 0.717) is 6.61 Å². The van der Waals surface area contributed by atoms with Gasteiger partial charge in [0.25, 0.3) is 0 Å². The summed E-state index contributed by atoms with van der Waals surface area (Å²) < 4.78 is 17.6. The van der Waals surface area contributed by atoms with E-state index in [0.717, 1.165) is 0 Å². The van der Waals surface area contributed by atoms with Crippen molar-refractivity contribution in [3.05, 3.63) is 11.6 Å². The summed E-state index contributed by atoms with van der Waals surface area (Å²) in [4.78, 5) is 12.3. The Balaban J connectivity index is 1.85. The highest BCUT2D eigenvalue weighted by atomic mass is 28.4. The van der Waals surface area contributed by atoms with E-state index in [1.54, 1.807) is 0 Å². The topological polar surface area (TPSA) is 44.8 Å². The lowest BCUT2D eigenvalue weighted by Crippen LogP contribution is -2.49. The van der Waals surface area contributed by atoms with Crippen LogP contribution >= 0.6 is 0 Å². The maximum Gasteiger partial charge on any atom is 0.192 e. The Hall–Kier alpha value is -0.493. The Kier molecular flexibility index (Phi) is 3.25. The molecular weight excluding hydrogens is 272 g/mol.